The number of hydrogen-bond acceptors (Lipinski definition) is 4. The fraction of sp³-hybridized carbons (Fsp3) is 0.281. The van der Waals surface area contributed by atoms with Crippen molar-refractivity contribution in [3.63, 3.8) is 0 Å². The molecule has 0 fully saturated rings. The van der Waals surface area contributed by atoms with Crippen molar-refractivity contribution in [2.75, 3.05) is 12.3 Å². The van der Waals surface area contributed by atoms with Crippen LogP contribution in [0.5, 0.6) is 0 Å². The number of halogens is 1. The molecule has 0 aliphatic heterocycles. The van der Waals surface area contributed by atoms with Crippen LogP contribution in [0.2, 0.25) is 0 Å². The fourth-order valence-corrected chi connectivity index (χ4v) is 5.58. The zero-order chi connectivity index (χ0) is 27.6. The Morgan fingerprint density at radius 3 is 2.23 bits per heavy atom. The summed E-state index contributed by atoms with van der Waals surface area (Å²) in [4.78, 5) is 30.1. The van der Waals surface area contributed by atoms with E-state index in [1.165, 1.54) is 33.5 Å². The van der Waals surface area contributed by atoms with Gasteiger partial charge in [-0.05, 0) is 42.5 Å². The molecule has 0 radical (unpaired) electrons. The van der Waals surface area contributed by atoms with Gasteiger partial charge in [-0.2, -0.15) is 0 Å². The van der Waals surface area contributed by atoms with E-state index in [9.17, 15) is 14.0 Å². The van der Waals surface area contributed by atoms with E-state index in [1.807, 2.05) is 36.4 Å². The molecule has 0 aliphatic rings. The van der Waals surface area contributed by atoms with Crippen molar-refractivity contribution in [3.8, 4) is 0 Å². The summed E-state index contributed by atoms with van der Waals surface area (Å²) in [7, 11) is 1.69. The first-order valence-corrected chi connectivity index (χ1v) is 14.2. The molecule has 0 aliphatic carbocycles. The molecule has 0 bridgehead atoms. The predicted octanol–water partition coefficient (Wildman–Crippen LogP) is 6.03. The van der Waals surface area contributed by atoms with Gasteiger partial charge in [0.15, 0.2) is 5.16 Å². The summed E-state index contributed by atoms with van der Waals surface area (Å²) in [5.74, 6) is 0.580. The highest BCUT2D eigenvalue weighted by Gasteiger charge is 2.16. The van der Waals surface area contributed by atoms with Crippen molar-refractivity contribution in [2.45, 2.75) is 43.7 Å². The Hall–Kier alpha value is -3.71. The lowest BCUT2D eigenvalue weighted by Crippen LogP contribution is -2.26. The quantitative estimate of drug-likeness (QED) is 0.135. The number of nitrogens with zero attached hydrogens (tertiary/aromatic N) is 2. The molecule has 1 aromatic heterocycles. The Balaban J connectivity index is 1.26. The van der Waals surface area contributed by atoms with E-state index < -0.39 is 0 Å². The molecule has 3 aromatic carbocycles. The predicted molar refractivity (Wildman–Crippen MR) is 156 cm³/mol. The molecule has 4 aromatic rings. The summed E-state index contributed by atoms with van der Waals surface area (Å²) in [6.07, 6.45) is 2.10. The van der Waals surface area contributed by atoms with E-state index in [1.54, 1.807) is 32.2 Å². The minimum absolute atomic E-state index is 0.0220. The lowest BCUT2D eigenvalue weighted by atomic mass is 9.88. The second-order valence-corrected chi connectivity index (χ2v) is 10.6. The normalized spacial score (nSPS) is 11.1. The van der Waals surface area contributed by atoms with Crippen LogP contribution in [0.1, 0.15) is 53.1 Å². The third kappa shape index (κ3) is 7.67. The van der Waals surface area contributed by atoms with Crippen LogP contribution in [0.25, 0.3) is 0 Å². The van der Waals surface area contributed by atoms with E-state index in [4.69, 9.17) is 0 Å². The number of rotatable bonds is 12. The van der Waals surface area contributed by atoms with Crippen molar-refractivity contribution < 1.29 is 9.18 Å². The molecular formula is C32H34FN3O2S. The average molecular weight is 544 g/mol. The van der Waals surface area contributed by atoms with Crippen LogP contribution in [0.3, 0.4) is 0 Å². The first-order valence-electron chi connectivity index (χ1n) is 13.2. The summed E-state index contributed by atoms with van der Waals surface area (Å²) >= 11 is 1.46. The third-order valence-corrected chi connectivity index (χ3v) is 7.93. The molecule has 0 saturated carbocycles. The van der Waals surface area contributed by atoms with Crippen molar-refractivity contribution in [3.05, 3.63) is 129 Å². The first-order chi connectivity index (χ1) is 18.9. The van der Waals surface area contributed by atoms with Gasteiger partial charge in [-0.3, -0.25) is 14.2 Å². The van der Waals surface area contributed by atoms with Gasteiger partial charge in [0.25, 0.3) is 5.56 Å². The summed E-state index contributed by atoms with van der Waals surface area (Å²) in [5.41, 5.74) is 3.89. The van der Waals surface area contributed by atoms with Gasteiger partial charge in [-0.1, -0.05) is 90.6 Å². The number of aryl methyl sites for hydroxylation is 1. The van der Waals surface area contributed by atoms with Gasteiger partial charge in [0.2, 0.25) is 5.91 Å². The molecule has 202 valence electrons. The minimum atomic E-state index is -0.327. The van der Waals surface area contributed by atoms with Gasteiger partial charge in [0.1, 0.15) is 5.82 Å². The number of thioether (sulfide) groups is 1. The van der Waals surface area contributed by atoms with E-state index in [2.05, 4.69) is 34.6 Å². The van der Waals surface area contributed by atoms with Gasteiger partial charge in [-0.15, -0.1) is 0 Å². The van der Waals surface area contributed by atoms with Crippen LogP contribution in [0.15, 0.2) is 94.9 Å². The molecule has 4 rings (SSSR count). The molecule has 0 unspecified atom stereocenters. The largest absolute Gasteiger partial charge is 0.356 e. The SMILES string of the molecule is Cc1nc(SCCCC(=O)NCCC(c2ccccc2)c2ccccc2)n(C)c(=O)c1Cc1ccccc1F. The van der Waals surface area contributed by atoms with E-state index in [0.717, 1.165) is 6.42 Å². The topological polar surface area (TPSA) is 64.0 Å². The zero-order valence-corrected chi connectivity index (χ0v) is 23.2. The smallest absolute Gasteiger partial charge is 0.257 e. The summed E-state index contributed by atoms with van der Waals surface area (Å²) in [5, 5.41) is 3.67. The molecule has 1 N–H and O–H groups in total. The molecule has 5 nitrogen and oxygen atoms in total. The van der Waals surface area contributed by atoms with Gasteiger partial charge in [-0.25, -0.2) is 9.37 Å². The monoisotopic (exact) mass is 543 g/mol. The maximum atomic E-state index is 14.1. The van der Waals surface area contributed by atoms with Crippen molar-refractivity contribution >= 4 is 17.7 Å². The van der Waals surface area contributed by atoms with Crippen molar-refractivity contribution in [1.82, 2.24) is 14.9 Å². The lowest BCUT2D eigenvalue weighted by molar-refractivity contribution is -0.121. The van der Waals surface area contributed by atoms with E-state index in [-0.39, 0.29) is 29.6 Å². The van der Waals surface area contributed by atoms with Crippen LogP contribution in [-0.4, -0.2) is 27.8 Å². The molecular weight excluding hydrogens is 509 g/mol. The van der Waals surface area contributed by atoms with E-state index in [0.29, 0.717) is 47.1 Å². The second kappa shape index (κ2) is 13.9. The maximum absolute atomic E-state index is 14.1. The highest BCUT2D eigenvalue weighted by molar-refractivity contribution is 7.99. The number of hydrogen-bond donors (Lipinski definition) is 1. The van der Waals surface area contributed by atoms with Crippen LogP contribution in [0.4, 0.5) is 4.39 Å². The molecule has 7 heteroatoms. The molecule has 0 atom stereocenters. The third-order valence-electron chi connectivity index (χ3n) is 6.81. The number of amides is 1. The Morgan fingerprint density at radius 1 is 0.974 bits per heavy atom. The van der Waals surface area contributed by atoms with Gasteiger partial charge < -0.3 is 5.32 Å². The van der Waals surface area contributed by atoms with Crippen molar-refractivity contribution in [2.24, 2.45) is 7.05 Å². The molecule has 0 saturated heterocycles. The number of aromatic nitrogens is 2. The van der Waals surface area contributed by atoms with Crippen LogP contribution in [-0.2, 0) is 18.3 Å². The Morgan fingerprint density at radius 2 is 1.59 bits per heavy atom. The standard InChI is InChI=1S/C32H34FN3O2S/c1-23-28(22-26-16-9-10-17-29(26)33)31(38)36(2)32(35-23)39-21-11-18-30(37)34-20-19-27(24-12-5-3-6-13-24)25-14-7-4-8-15-25/h3-10,12-17,27H,11,18-22H2,1-2H3,(H,34,37). The van der Waals surface area contributed by atoms with Crippen LogP contribution < -0.4 is 10.9 Å². The van der Waals surface area contributed by atoms with E-state index >= 15 is 0 Å². The number of carbonyl (C=O) groups is 1. The molecule has 39 heavy (non-hydrogen) atoms. The van der Waals surface area contributed by atoms with Gasteiger partial charge in [0, 0.05) is 49.4 Å². The maximum Gasteiger partial charge on any atom is 0.257 e. The van der Waals surface area contributed by atoms with Gasteiger partial charge in [0.05, 0.1) is 0 Å². The van der Waals surface area contributed by atoms with Gasteiger partial charge >= 0.3 is 0 Å². The number of carbonyl (C=O) groups excluding carboxylic acids is 1. The lowest BCUT2D eigenvalue weighted by Gasteiger charge is -2.18. The van der Waals surface area contributed by atoms with Crippen molar-refractivity contribution in [1.29, 1.82) is 0 Å². The Labute approximate surface area is 233 Å². The van der Waals surface area contributed by atoms with Crippen LogP contribution in [0, 0.1) is 12.7 Å². The average Bonchev–Trinajstić information content (AvgIpc) is 2.96. The highest BCUT2D eigenvalue weighted by Crippen LogP contribution is 2.27. The minimum Gasteiger partial charge on any atom is -0.356 e. The molecule has 0 spiro atoms. The summed E-state index contributed by atoms with van der Waals surface area (Å²) in [6, 6.07) is 27.2. The first kappa shape index (κ1) is 28.3. The number of nitrogens with one attached hydrogen (secondary N) is 1. The highest BCUT2D eigenvalue weighted by atomic mass is 32.2. The number of benzene rings is 3. The Bertz CT molecular complexity index is 1400. The zero-order valence-electron chi connectivity index (χ0n) is 22.4. The second-order valence-electron chi connectivity index (χ2n) is 9.56. The molecule has 1 heterocycles. The summed E-state index contributed by atoms with van der Waals surface area (Å²) < 4.78 is 15.6. The molecule has 1 amide bonds. The Kier molecular flexibility index (Phi) is 10.1. The van der Waals surface area contributed by atoms with Crippen LogP contribution >= 0.6 is 11.8 Å². The summed E-state index contributed by atoms with van der Waals surface area (Å²) in [6.45, 7) is 2.38. The fourth-order valence-electron chi connectivity index (χ4n) is 4.63.